The number of aryl methyl sites for hydroxylation is 1. The SMILES string of the molecule is CC(C)CCCC1(C)C(O)CCC2(C)C3CCC4(CCc5ccccc5C(=O)NCCCCC(=O)O)CCCC4C3CCC12. The molecule has 1 amide bonds. The highest BCUT2D eigenvalue weighted by Crippen LogP contribution is 2.70. The van der Waals surface area contributed by atoms with Crippen molar-refractivity contribution in [2.24, 2.45) is 45.8 Å². The van der Waals surface area contributed by atoms with Gasteiger partial charge in [0.25, 0.3) is 5.91 Å². The van der Waals surface area contributed by atoms with E-state index in [1.165, 1.54) is 77.0 Å². The lowest BCUT2D eigenvalue weighted by molar-refractivity contribution is -0.185. The number of carbonyl (C=O) groups excluding carboxylic acids is 1. The van der Waals surface area contributed by atoms with E-state index in [1.807, 2.05) is 12.1 Å². The molecule has 5 nitrogen and oxygen atoms in total. The van der Waals surface area contributed by atoms with E-state index in [0.717, 1.165) is 47.6 Å². The molecule has 5 heteroatoms. The van der Waals surface area contributed by atoms with Crippen LogP contribution in [0.25, 0.3) is 0 Å². The Hall–Kier alpha value is -1.88. The minimum Gasteiger partial charge on any atom is -0.481 e. The number of aliphatic hydroxyl groups excluding tert-OH is 1. The molecule has 8 unspecified atom stereocenters. The quantitative estimate of drug-likeness (QED) is 0.196. The fourth-order valence-electron chi connectivity index (χ4n) is 11.4. The summed E-state index contributed by atoms with van der Waals surface area (Å²) in [5.41, 5.74) is 2.75. The smallest absolute Gasteiger partial charge is 0.303 e. The van der Waals surface area contributed by atoms with Gasteiger partial charge in [0.15, 0.2) is 0 Å². The van der Waals surface area contributed by atoms with Crippen molar-refractivity contribution in [1.82, 2.24) is 5.32 Å². The Morgan fingerprint density at radius 2 is 1.73 bits per heavy atom. The van der Waals surface area contributed by atoms with Crippen molar-refractivity contribution >= 4 is 11.9 Å². The summed E-state index contributed by atoms with van der Waals surface area (Å²) in [5.74, 6) is 2.95. The molecule has 4 fully saturated rings. The minimum absolute atomic E-state index is 0.0257. The highest BCUT2D eigenvalue weighted by atomic mass is 16.4. The number of carbonyl (C=O) groups is 2. The molecule has 0 aromatic heterocycles. The monoisotopic (exact) mass is 607 g/mol. The van der Waals surface area contributed by atoms with Crippen molar-refractivity contribution in [3.05, 3.63) is 35.4 Å². The summed E-state index contributed by atoms with van der Waals surface area (Å²) in [6.07, 6.45) is 18.6. The number of carboxylic acids is 1. The number of hydrogen-bond donors (Lipinski definition) is 3. The van der Waals surface area contributed by atoms with E-state index in [-0.39, 0.29) is 23.8 Å². The lowest BCUT2D eigenvalue weighted by atomic mass is 9.40. The van der Waals surface area contributed by atoms with Gasteiger partial charge >= 0.3 is 5.97 Å². The number of hydrogen-bond acceptors (Lipinski definition) is 3. The zero-order valence-corrected chi connectivity index (χ0v) is 28.2. The number of fused-ring (bicyclic) bond motifs is 5. The predicted molar refractivity (Wildman–Crippen MR) is 177 cm³/mol. The molecule has 3 N–H and O–H groups in total. The van der Waals surface area contributed by atoms with Crippen LogP contribution in [0.4, 0.5) is 0 Å². The van der Waals surface area contributed by atoms with Crippen molar-refractivity contribution in [2.75, 3.05) is 6.54 Å². The van der Waals surface area contributed by atoms with Crippen molar-refractivity contribution in [3.8, 4) is 0 Å². The molecule has 0 saturated heterocycles. The predicted octanol–water partition coefficient (Wildman–Crippen LogP) is 8.82. The zero-order chi connectivity index (χ0) is 31.5. The first kappa shape index (κ1) is 33.5. The maximum absolute atomic E-state index is 13.1. The molecule has 4 saturated carbocycles. The minimum atomic E-state index is -0.782. The summed E-state index contributed by atoms with van der Waals surface area (Å²) in [6, 6.07) is 8.13. The van der Waals surface area contributed by atoms with Crippen LogP contribution in [-0.2, 0) is 11.2 Å². The van der Waals surface area contributed by atoms with Crippen LogP contribution in [0.1, 0.15) is 146 Å². The van der Waals surface area contributed by atoms with Gasteiger partial charge in [0.1, 0.15) is 0 Å². The Morgan fingerprint density at radius 1 is 0.932 bits per heavy atom. The molecule has 0 heterocycles. The number of amides is 1. The van der Waals surface area contributed by atoms with Crippen LogP contribution < -0.4 is 5.32 Å². The van der Waals surface area contributed by atoms with Crippen molar-refractivity contribution in [3.63, 3.8) is 0 Å². The molecule has 0 bridgehead atoms. The van der Waals surface area contributed by atoms with Crippen LogP contribution in [0.15, 0.2) is 24.3 Å². The van der Waals surface area contributed by atoms with E-state index in [0.29, 0.717) is 36.1 Å². The van der Waals surface area contributed by atoms with Gasteiger partial charge in [-0.05, 0) is 141 Å². The molecule has 246 valence electrons. The van der Waals surface area contributed by atoms with E-state index in [4.69, 9.17) is 5.11 Å². The summed E-state index contributed by atoms with van der Waals surface area (Å²) in [4.78, 5) is 23.9. The molecule has 4 aliphatic carbocycles. The Balaban J connectivity index is 1.25. The van der Waals surface area contributed by atoms with Gasteiger partial charge in [0.2, 0.25) is 0 Å². The topological polar surface area (TPSA) is 86.6 Å². The van der Waals surface area contributed by atoms with E-state index < -0.39 is 5.97 Å². The first-order valence-corrected chi connectivity index (χ1v) is 18.3. The second kappa shape index (κ2) is 13.9. The maximum atomic E-state index is 13.1. The fraction of sp³-hybridized carbons (Fsp3) is 0.795. The van der Waals surface area contributed by atoms with Gasteiger partial charge in [-0.15, -0.1) is 0 Å². The maximum Gasteiger partial charge on any atom is 0.303 e. The summed E-state index contributed by atoms with van der Waals surface area (Å²) in [6.45, 7) is 10.3. The van der Waals surface area contributed by atoms with Gasteiger partial charge in [-0.3, -0.25) is 9.59 Å². The Bertz CT molecular complexity index is 1150. The Morgan fingerprint density at radius 3 is 2.50 bits per heavy atom. The fourth-order valence-corrected chi connectivity index (χ4v) is 11.4. The number of nitrogens with one attached hydrogen (secondary N) is 1. The molecule has 0 radical (unpaired) electrons. The van der Waals surface area contributed by atoms with E-state index in [1.54, 1.807) is 0 Å². The number of unbranched alkanes of at least 4 members (excludes halogenated alkanes) is 1. The molecule has 5 rings (SSSR count). The average molecular weight is 608 g/mol. The zero-order valence-electron chi connectivity index (χ0n) is 28.2. The van der Waals surface area contributed by atoms with Gasteiger partial charge in [-0.25, -0.2) is 0 Å². The molecule has 44 heavy (non-hydrogen) atoms. The van der Waals surface area contributed by atoms with Crippen LogP contribution >= 0.6 is 0 Å². The van der Waals surface area contributed by atoms with Gasteiger partial charge in [0.05, 0.1) is 6.10 Å². The highest BCUT2D eigenvalue weighted by Gasteiger charge is 2.63. The molecule has 1 aromatic carbocycles. The number of aliphatic carboxylic acids is 1. The third kappa shape index (κ3) is 6.65. The van der Waals surface area contributed by atoms with Crippen molar-refractivity contribution in [1.29, 1.82) is 0 Å². The molecule has 1 aromatic rings. The number of aliphatic hydroxyl groups is 1. The van der Waals surface area contributed by atoms with Crippen LogP contribution in [0, 0.1) is 45.8 Å². The molecular formula is C39H61NO4. The third-order valence-corrected chi connectivity index (χ3v) is 13.7. The van der Waals surface area contributed by atoms with E-state index in [9.17, 15) is 14.7 Å². The van der Waals surface area contributed by atoms with Crippen molar-refractivity contribution < 1.29 is 19.8 Å². The summed E-state index contributed by atoms with van der Waals surface area (Å²) < 4.78 is 0. The van der Waals surface area contributed by atoms with Crippen LogP contribution in [0.2, 0.25) is 0 Å². The second-order valence-electron chi connectivity index (χ2n) is 16.4. The number of benzene rings is 1. The van der Waals surface area contributed by atoms with Gasteiger partial charge in [-0.1, -0.05) is 65.2 Å². The molecule has 4 aliphatic rings. The number of carboxylic acid groups (broad SMARTS) is 1. The van der Waals surface area contributed by atoms with Crippen LogP contribution in [-0.4, -0.2) is 34.7 Å². The molecule has 0 spiro atoms. The largest absolute Gasteiger partial charge is 0.481 e. The normalized spacial score (nSPS) is 36.4. The Labute approximate surface area is 267 Å². The van der Waals surface area contributed by atoms with Crippen LogP contribution in [0.5, 0.6) is 0 Å². The standard InChI is InChI=1S/C39H61NO4/c1-27(2)11-9-21-38(4)33-17-16-30-31(37(33,3)23-20-34(38)41)19-25-39(22-10-14-32(30)39)24-18-28-12-5-6-13-29(28)36(44)40-26-8-7-15-35(42)43/h5-6,12-13,27,30-34,41H,7-11,14-26H2,1-4H3,(H,40,44)(H,42,43). The van der Waals surface area contributed by atoms with Gasteiger partial charge < -0.3 is 15.5 Å². The first-order chi connectivity index (χ1) is 21.0. The summed E-state index contributed by atoms with van der Waals surface area (Å²) in [7, 11) is 0. The Kier molecular flexibility index (Phi) is 10.5. The van der Waals surface area contributed by atoms with Crippen molar-refractivity contribution in [2.45, 2.75) is 143 Å². The lowest BCUT2D eigenvalue weighted by Gasteiger charge is -2.65. The second-order valence-corrected chi connectivity index (χ2v) is 16.4. The average Bonchev–Trinajstić information content (AvgIpc) is 3.43. The lowest BCUT2D eigenvalue weighted by Crippen LogP contribution is -2.59. The summed E-state index contributed by atoms with van der Waals surface area (Å²) in [5, 5.41) is 23.3. The molecule has 0 aliphatic heterocycles. The highest BCUT2D eigenvalue weighted by molar-refractivity contribution is 5.95. The molecular weight excluding hydrogens is 546 g/mol. The van der Waals surface area contributed by atoms with E-state index >= 15 is 0 Å². The van der Waals surface area contributed by atoms with Crippen LogP contribution in [0.3, 0.4) is 0 Å². The van der Waals surface area contributed by atoms with E-state index in [2.05, 4.69) is 45.1 Å². The third-order valence-electron chi connectivity index (χ3n) is 13.7. The number of rotatable bonds is 13. The van der Waals surface area contributed by atoms with Gasteiger partial charge in [0, 0.05) is 18.5 Å². The summed E-state index contributed by atoms with van der Waals surface area (Å²) >= 11 is 0. The van der Waals surface area contributed by atoms with Gasteiger partial charge in [-0.2, -0.15) is 0 Å². The first-order valence-electron chi connectivity index (χ1n) is 18.3. The molecule has 8 atom stereocenters.